The first-order valence-electron chi connectivity index (χ1n) is 9.15. The molecule has 0 aromatic carbocycles. The Labute approximate surface area is 186 Å². The van der Waals surface area contributed by atoms with Crippen molar-refractivity contribution >= 4 is 44.1 Å². The molecule has 1 aliphatic rings. The Morgan fingerprint density at radius 2 is 1.91 bits per heavy atom. The van der Waals surface area contributed by atoms with Crippen LogP contribution in [0.25, 0.3) is 0 Å². The predicted octanol–water partition coefficient (Wildman–Crippen LogP) is -0.165. The van der Waals surface area contributed by atoms with Crippen molar-refractivity contribution in [2.24, 2.45) is 0 Å². The van der Waals surface area contributed by atoms with Gasteiger partial charge in [0.2, 0.25) is 20.9 Å². The largest absolute Gasteiger partial charge is 0.421 e. The number of anilines is 2. The third-order valence-electron chi connectivity index (χ3n) is 4.51. The number of unbranched alkanes of at least 4 members (excludes halogenated alkanes) is 1. The molecule has 2 aromatic heterocycles. The van der Waals surface area contributed by atoms with E-state index in [-0.39, 0.29) is 23.0 Å². The van der Waals surface area contributed by atoms with Crippen molar-refractivity contribution in [1.82, 2.24) is 24.5 Å². The van der Waals surface area contributed by atoms with Crippen LogP contribution in [-0.2, 0) is 31.7 Å². The zero-order valence-corrected chi connectivity index (χ0v) is 18.5. The van der Waals surface area contributed by atoms with Crippen LogP contribution in [0, 0.1) is 0 Å². The maximum absolute atomic E-state index is 14.3. The summed E-state index contributed by atoms with van der Waals surface area (Å²) in [5.41, 5.74) is -8.06. The lowest BCUT2D eigenvalue weighted by Crippen LogP contribution is -2.61. The normalized spacial score (nSPS) is 18.2. The van der Waals surface area contributed by atoms with Crippen LogP contribution in [0.15, 0.2) is 13.9 Å². The van der Waals surface area contributed by atoms with Crippen LogP contribution < -0.4 is 26.6 Å². The van der Waals surface area contributed by atoms with Gasteiger partial charge in [0.05, 0.1) is 5.56 Å². The number of H-pyrrole nitrogens is 1. The van der Waals surface area contributed by atoms with Crippen molar-refractivity contribution in [3.63, 3.8) is 0 Å². The predicted molar refractivity (Wildman–Crippen MR) is 107 cm³/mol. The van der Waals surface area contributed by atoms with E-state index in [4.69, 9.17) is 0 Å². The Balaban J connectivity index is 2.21. The summed E-state index contributed by atoms with van der Waals surface area (Å²) in [6.45, 7) is 2.67. The van der Waals surface area contributed by atoms with E-state index < -0.39 is 60.5 Å². The highest BCUT2D eigenvalue weighted by Crippen LogP contribution is 2.46. The molecule has 13 nitrogen and oxygen atoms in total. The SMILES string of the molecule is CCCCn1c2c(c(=O)[nH]c1=O)[C@@](NS(=O)(=O)c1nnc(NC(C)=O)s1)(C(F)(F)F)C(=O)N2. The van der Waals surface area contributed by atoms with Gasteiger partial charge in [-0.15, -0.1) is 10.2 Å². The molecule has 0 aliphatic carbocycles. The smallest absolute Gasteiger partial charge is 0.309 e. The summed E-state index contributed by atoms with van der Waals surface area (Å²) >= 11 is 0.219. The first kappa shape index (κ1) is 24.5. The minimum atomic E-state index is -5.65. The minimum absolute atomic E-state index is 0.147. The van der Waals surface area contributed by atoms with Crippen molar-refractivity contribution in [2.45, 2.75) is 49.3 Å². The van der Waals surface area contributed by atoms with E-state index in [1.165, 1.54) is 4.72 Å². The highest BCUT2D eigenvalue weighted by atomic mass is 32.2. The summed E-state index contributed by atoms with van der Waals surface area (Å²) in [6, 6.07) is 0. The molecule has 3 rings (SSSR count). The number of amides is 2. The molecule has 0 spiro atoms. The van der Waals surface area contributed by atoms with Crippen LogP contribution in [0.3, 0.4) is 0 Å². The fourth-order valence-electron chi connectivity index (χ4n) is 3.08. The van der Waals surface area contributed by atoms with Gasteiger partial charge >= 0.3 is 11.9 Å². The average molecular weight is 511 g/mol. The fourth-order valence-corrected chi connectivity index (χ4v) is 5.36. The van der Waals surface area contributed by atoms with Crippen LogP contribution >= 0.6 is 11.3 Å². The zero-order chi connectivity index (χ0) is 24.8. The van der Waals surface area contributed by atoms with Gasteiger partial charge < -0.3 is 10.6 Å². The summed E-state index contributed by atoms with van der Waals surface area (Å²) in [5.74, 6) is -3.34. The quantitative estimate of drug-likeness (QED) is 0.369. The Morgan fingerprint density at radius 1 is 1.24 bits per heavy atom. The molecule has 18 heteroatoms. The van der Waals surface area contributed by atoms with E-state index >= 15 is 0 Å². The third-order valence-corrected chi connectivity index (χ3v) is 7.17. The number of rotatable bonds is 7. The molecule has 4 N–H and O–H groups in total. The van der Waals surface area contributed by atoms with Crippen LogP contribution in [0.1, 0.15) is 32.3 Å². The molecule has 0 saturated heterocycles. The van der Waals surface area contributed by atoms with Crippen molar-refractivity contribution in [1.29, 1.82) is 0 Å². The van der Waals surface area contributed by atoms with E-state index in [0.29, 0.717) is 12.8 Å². The van der Waals surface area contributed by atoms with Gasteiger partial charge in [-0.2, -0.15) is 17.9 Å². The van der Waals surface area contributed by atoms with Gasteiger partial charge in [0.15, 0.2) is 0 Å². The van der Waals surface area contributed by atoms with Gasteiger partial charge in [-0.05, 0) is 6.42 Å². The Morgan fingerprint density at radius 3 is 2.48 bits per heavy atom. The van der Waals surface area contributed by atoms with E-state index in [0.717, 1.165) is 11.5 Å². The van der Waals surface area contributed by atoms with Crippen LogP contribution in [0.5, 0.6) is 0 Å². The van der Waals surface area contributed by atoms with Crippen molar-refractivity contribution in [2.75, 3.05) is 10.6 Å². The van der Waals surface area contributed by atoms with Gasteiger partial charge in [-0.25, -0.2) is 13.2 Å². The first-order chi connectivity index (χ1) is 15.2. The third kappa shape index (κ3) is 4.15. The number of fused-ring (bicyclic) bond motifs is 1. The molecule has 1 aliphatic heterocycles. The maximum atomic E-state index is 14.3. The van der Waals surface area contributed by atoms with Crippen molar-refractivity contribution < 1.29 is 31.2 Å². The molecule has 0 saturated carbocycles. The molecule has 0 fully saturated rings. The van der Waals surface area contributed by atoms with E-state index in [1.54, 1.807) is 11.9 Å². The molecule has 2 amide bonds. The number of carbonyl (C=O) groups is 2. The number of sulfonamides is 1. The lowest BCUT2D eigenvalue weighted by atomic mass is 9.94. The number of halogens is 3. The summed E-state index contributed by atoms with van der Waals surface area (Å²) in [7, 11) is -5.21. The zero-order valence-electron chi connectivity index (χ0n) is 16.9. The summed E-state index contributed by atoms with van der Waals surface area (Å²) < 4.78 is 69.4. The number of alkyl halides is 3. The molecule has 2 aromatic rings. The van der Waals surface area contributed by atoms with Crippen molar-refractivity contribution in [3.8, 4) is 0 Å². The molecule has 0 radical (unpaired) electrons. The number of aromatic amines is 1. The second-order valence-electron chi connectivity index (χ2n) is 6.85. The Bertz CT molecular complexity index is 1350. The molecular formula is C15H16F3N7O6S2. The van der Waals surface area contributed by atoms with Crippen LogP contribution in [-0.4, -0.2) is 46.2 Å². The van der Waals surface area contributed by atoms with Gasteiger partial charge in [0.1, 0.15) is 5.82 Å². The van der Waals surface area contributed by atoms with Gasteiger partial charge in [-0.1, -0.05) is 24.7 Å². The van der Waals surface area contributed by atoms with E-state index in [2.05, 4.69) is 15.5 Å². The topological polar surface area (TPSA) is 185 Å². The van der Waals surface area contributed by atoms with Crippen LogP contribution in [0.4, 0.5) is 24.1 Å². The second kappa shape index (κ2) is 8.34. The minimum Gasteiger partial charge on any atom is -0.309 e. The van der Waals surface area contributed by atoms with E-state index in [1.807, 2.05) is 5.32 Å². The van der Waals surface area contributed by atoms with Gasteiger partial charge in [0, 0.05) is 13.5 Å². The fraction of sp³-hybridized carbons (Fsp3) is 0.467. The maximum Gasteiger partial charge on any atom is 0.421 e. The Hall–Kier alpha value is -3.12. The number of hydrogen-bond acceptors (Lipinski definition) is 9. The standard InChI is InChI=1S/C15H16F3N7O6S2/c1-3-4-5-25-8-7(9(27)21-12(25)29)14(10(28)20-8,15(16,17)18)24-33(30,31)13-23-22-11(32-13)19-6(2)26/h24H,3-5H2,1-2H3,(H,20,28)(H,19,22,26)(H,21,27,29)/t14-/m0/s1. The molecule has 1 atom stereocenters. The highest BCUT2D eigenvalue weighted by molar-refractivity contribution is 7.91. The second-order valence-corrected chi connectivity index (χ2v) is 9.68. The lowest BCUT2D eigenvalue weighted by molar-refractivity contribution is -0.194. The van der Waals surface area contributed by atoms with Gasteiger partial charge in [0.25, 0.3) is 21.5 Å². The molecule has 3 heterocycles. The van der Waals surface area contributed by atoms with Crippen LogP contribution in [0.2, 0.25) is 0 Å². The number of carbonyl (C=O) groups excluding carboxylic acids is 2. The monoisotopic (exact) mass is 511 g/mol. The average Bonchev–Trinajstić information content (AvgIpc) is 3.24. The molecular weight excluding hydrogens is 495 g/mol. The molecule has 0 bridgehead atoms. The molecule has 180 valence electrons. The first-order valence-corrected chi connectivity index (χ1v) is 11.5. The molecule has 0 unspecified atom stereocenters. The summed E-state index contributed by atoms with van der Waals surface area (Å²) in [4.78, 5) is 50.0. The van der Waals surface area contributed by atoms with E-state index in [9.17, 15) is 40.8 Å². The number of nitrogens with one attached hydrogen (secondary N) is 4. The number of hydrogen-bond donors (Lipinski definition) is 4. The Kier molecular flexibility index (Phi) is 6.20. The highest BCUT2D eigenvalue weighted by Gasteiger charge is 2.69. The number of aromatic nitrogens is 4. The lowest BCUT2D eigenvalue weighted by Gasteiger charge is -2.29. The van der Waals surface area contributed by atoms with Gasteiger partial charge in [-0.3, -0.25) is 23.9 Å². The van der Waals surface area contributed by atoms with Crippen molar-refractivity contribution in [3.05, 3.63) is 26.4 Å². The number of nitrogens with zero attached hydrogens (tertiary/aromatic N) is 3. The molecule has 33 heavy (non-hydrogen) atoms. The summed E-state index contributed by atoms with van der Waals surface area (Å²) in [5, 5.41) is 10.2. The summed E-state index contributed by atoms with van der Waals surface area (Å²) in [6.07, 6.45) is -4.81.